The number of methoxy groups -OCH3 is 1. The van der Waals surface area contributed by atoms with E-state index in [9.17, 15) is 0 Å². The molecule has 1 aromatic carbocycles. The van der Waals surface area contributed by atoms with Gasteiger partial charge in [-0.05, 0) is 71.4 Å². The Morgan fingerprint density at radius 2 is 1.86 bits per heavy atom. The molecule has 1 atom stereocenters. The summed E-state index contributed by atoms with van der Waals surface area (Å²) in [7, 11) is 3.87. The Labute approximate surface area is 171 Å². The number of aliphatic imine (C=N–C) groups is 1. The van der Waals surface area contributed by atoms with Crippen molar-refractivity contribution in [3.05, 3.63) is 29.8 Å². The maximum absolute atomic E-state index is 5.32. The second kappa shape index (κ2) is 11.9. The zero-order valence-corrected chi connectivity index (χ0v) is 18.4. The first kappa shape index (κ1) is 22.5. The van der Waals surface area contributed by atoms with E-state index in [1.807, 2.05) is 12.1 Å². The lowest BCUT2D eigenvalue weighted by Gasteiger charge is -2.27. The van der Waals surface area contributed by atoms with Crippen molar-refractivity contribution in [1.29, 1.82) is 0 Å². The quantitative estimate of drug-likeness (QED) is 0.476. The summed E-state index contributed by atoms with van der Waals surface area (Å²) >= 11 is 0. The Morgan fingerprint density at radius 1 is 1.18 bits per heavy atom. The van der Waals surface area contributed by atoms with Gasteiger partial charge in [0.2, 0.25) is 0 Å². The van der Waals surface area contributed by atoms with E-state index in [2.05, 4.69) is 60.4 Å². The van der Waals surface area contributed by atoms with Crippen LogP contribution in [0.25, 0.3) is 0 Å². The predicted molar refractivity (Wildman–Crippen MR) is 118 cm³/mol. The van der Waals surface area contributed by atoms with Crippen molar-refractivity contribution in [2.45, 2.75) is 45.7 Å². The molecular formula is C22H39N5O. The average molecular weight is 390 g/mol. The molecular weight excluding hydrogens is 350 g/mol. The van der Waals surface area contributed by atoms with Gasteiger partial charge in [0.25, 0.3) is 0 Å². The van der Waals surface area contributed by atoms with E-state index in [0.717, 1.165) is 51.0 Å². The summed E-state index contributed by atoms with van der Waals surface area (Å²) in [6.07, 6.45) is 2.55. The van der Waals surface area contributed by atoms with Crippen LogP contribution in [0.3, 0.4) is 0 Å². The SMILES string of the molecule is CCNC(=NCC(c1ccc(OC)cc1)N1CCCC1)NCCN(C)C(C)C. The minimum atomic E-state index is 0.308. The van der Waals surface area contributed by atoms with Crippen molar-refractivity contribution < 1.29 is 4.74 Å². The zero-order chi connectivity index (χ0) is 20.4. The van der Waals surface area contributed by atoms with Gasteiger partial charge in [0.1, 0.15) is 5.75 Å². The molecule has 1 heterocycles. The van der Waals surface area contributed by atoms with E-state index in [1.165, 1.54) is 18.4 Å². The standard InChI is InChI=1S/C22H39N5O/c1-6-23-22(24-13-16-26(4)18(2)3)25-17-21(27-14-7-8-15-27)19-9-11-20(28-5)12-10-19/h9-12,18,21H,6-8,13-17H2,1-5H3,(H2,23,24,25). The lowest BCUT2D eigenvalue weighted by Crippen LogP contribution is -2.42. The molecule has 0 bridgehead atoms. The molecule has 0 aliphatic carbocycles. The lowest BCUT2D eigenvalue weighted by atomic mass is 10.1. The lowest BCUT2D eigenvalue weighted by molar-refractivity contribution is 0.251. The van der Waals surface area contributed by atoms with Crippen LogP contribution in [0.5, 0.6) is 5.75 Å². The Balaban J connectivity index is 2.04. The second-order valence-electron chi connectivity index (χ2n) is 7.75. The fourth-order valence-corrected chi connectivity index (χ4v) is 3.44. The first-order valence-corrected chi connectivity index (χ1v) is 10.7. The summed E-state index contributed by atoms with van der Waals surface area (Å²) in [6.45, 7) is 12.3. The van der Waals surface area contributed by atoms with Crippen LogP contribution < -0.4 is 15.4 Å². The van der Waals surface area contributed by atoms with E-state index in [-0.39, 0.29) is 0 Å². The highest BCUT2D eigenvalue weighted by molar-refractivity contribution is 5.79. The van der Waals surface area contributed by atoms with Crippen LogP contribution in [0.4, 0.5) is 0 Å². The molecule has 6 nitrogen and oxygen atoms in total. The number of nitrogens with one attached hydrogen (secondary N) is 2. The van der Waals surface area contributed by atoms with Crippen LogP contribution in [0.1, 0.15) is 45.2 Å². The van der Waals surface area contributed by atoms with Crippen molar-refractivity contribution in [3.8, 4) is 5.75 Å². The zero-order valence-electron chi connectivity index (χ0n) is 18.4. The summed E-state index contributed by atoms with van der Waals surface area (Å²) < 4.78 is 5.32. The Morgan fingerprint density at radius 3 is 2.43 bits per heavy atom. The highest BCUT2D eigenvalue weighted by Gasteiger charge is 2.23. The van der Waals surface area contributed by atoms with Crippen LogP contribution in [0.2, 0.25) is 0 Å². The summed E-state index contributed by atoms with van der Waals surface area (Å²) in [4.78, 5) is 9.81. The Bertz CT molecular complexity index is 581. The first-order valence-electron chi connectivity index (χ1n) is 10.7. The maximum atomic E-state index is 5.32. The van der Waals surface area contributed by atoms with Crippen molar-refractivity contribution in [1.82, 2.24) is 20.4 Å². The third kappa shape index (κ3) is 6.99. The molecule has 0 saturated carbocycles. The number of likely N-dealkylation sites (N-methyl/N-ethyl adjacent to an activating group) is 1. The number of benzene rings is 1. The van der Waals surface area contributed by atoms with Gasteiger partial charge in [-0.3, -0.25) is 9.89 Å². The number of ether oxygens (including phenoxy) is 1. The summed E-state index contributed by atoms with van der Waals surface area (Å²) in [6, 6.07) is 9.31. The fourth-order valence-electron chi connectivity index (χ4n) is 3.44. The van der Waals surface area contributed by atoms with Crippen LogP contribution in [-0.4, -0.2) is 75.2 Å². The molecule has 1 saturated heterocycles. The third-order valence-corrected chi connectivity index (χ3v) is 5.49. The minimum absolute atomic E-state index is 0.308. The molecule has 0 aromatic heterocycles. The van der Waals surface area contributed by atoms with Crippen molar-refractivity contribution in [2.75, 3.05) is 53.4 Å². The number of hydrogen-bond donors (Lipinski definition) is 2. The fraction of sp³-hybridized carbons (Fsp3) is 0.682. The summed E-state index contributed by atoms with van der Waals surface area (Å²) in [5, 5.41) is 6.86. The van der Waals surface area contributed by atoms with E-state index in [4.69, 9.17) is 9.73 Å². The molecule has 1 fully saturated rings. The largest absolute Gasteiger partial charge is 0.497 e. The van der Waals surface area contributed by atoms with Gasteiger partial charge in [-0.1, -0.05) is 12.1 Å². The number of rotatable bonds is 10. The molecule has 1 aromatic rings. The molecule has 1 aliphatic rings. The van der Waals surface area contributed by atoms with Gasteiger partial charge in [-0.2, -0.15) is 0 Å². The molecule has 0 spiro atoms. The molecule has 0 amide bonds. The number of nitrogens with zero attached hydrogens (tertiary/aromatic N) is 3. The molecule has 6 heteroatoms. The average Bonchev–Trinajstić information content (AvgIpc) is 3.22. The molecule has 2 N–H and O–H groups in total. The molecule has 158 valence electrons. The van der Waals surface area contributed by atoms with Crippen LogP contribution in [0.15, 0.2) is 29.3 Å². The topological polar surface area (TPSA) is 52.1 Å². The second-order valence-corrected chi connectivity index (χ2v) is 7.75. The number of guanidine groups is 1. The molecule has 1 unspecified atom stereocenters. The third-order valence-electron chi connectivity index (χ3n) is 5.49. The minimum Gasteiger partial charge on any atom is -0.497 e. The van der Waals surface area contributed by atoms with Crippen molar-refractivity contribution in [3.63, 3.8) is 0 Å². The molecule has 0 radical (unpaired) electrons. The summed E-state index contributed by atoms with van der Waals surface area (Å²) in [5.41, 5.74) is 1.31. The maximum Gasteiger partial charge on any atom is 0.191 e. The van der Waals surface area contributed by atoms with Crippen LogP contribution >= 0.6 is 0 Å². The molecule has 28 heavy (non-hydrogen) atoms. The van der Waals surface area contributed by atoms with Crippen LogP contribution in [-0.2, 0) is 0 Å². The first-order chi connectivity index (χ1) is 13.5. The molecule has 2 rings (SSSR count). The van der Waals surface area contributed by atoms with Gasteiger partial charge in [-0.25, -0.2) is 0 Å². The van der Waals surface area contributed by atoms with Crippen LogP contribution in [0, 0.1) is 0 Å². The monoisotopic (exact) mass is 389 g/mol. The van der Waals surface area contributed by atoms with E-state index in [1.54, 1.807) is 7.11 Å². The van der Waals surface area contributed by atoms with E-state index >= 15 is 0 Å². The Hall–Kier alpha value is -1.79. The summed E-state index contributed by atoms with van der Waals surface area (Å²) in [5.74, 6) is 1.80. The highest BCUT2D eigenvalue weighted by Crippen LogP contribution is 2.27. The van der Waals surface area contributed by atoms with Gasteiger partial charge in [0.05, 0.1) is 19.7 Å². The Kier molecular flexibility index (Phi) is 9.58. The van der Waals surface area contributed by atoms with E-state index in [0.29, 0.717) is 12.1 Å². The predicted octanol–water partition coefficient (Wildman–Crippen LogP) is 2.73. The number of likely N-dealkylation sites (tertiary alicyclic amines) is 1. The van der Waals surface area contributed by atoms with Gasteiger partial charge in [0.15, 0.2) is 5.96 Å². The normalized spacial score (nSPS) is 16.6. The van der Waals surface area contributed by atoms with Crippen molar-refractivity contribution >= 4 is 5.96 Å². The van der Waals surface area contributed by atoms with Gasteiger partial charge in [-0.15, -0.1) is 0 Å². The van der Waals surface area contributed by atoms with Gasteiger partial charge < -0.3 is 20.3 Å². The smallest absolute Gasteiger partial charge is 0.191 e. The van der Waals surface area contributed by atoms with Gasteiger partial charge in [0, 0.05) is 25.7 Å². The van der Waals surface area contributed by atoms with Crippen molar-refractivity contribution in [2.24, 2.45) is 4.99 Å². The van der Waals surface area contributed by atoms with E-state index < -0.39 is 0 Å². The van der Waals surface area contributed by atoms with Gasteiger partial charge >= 0.3 is 0 Å². The molecule has 1 aliphatic heterocycles. The highest BCUT2D eigenvalue weighted by atomic mass is 16.5. The number of hydrogen-bond acceptors (Lipinski definition) is 4.